The van der Waals surface area contributed by atoms with Crippen LogP contribution in [-0.4, -0.2) is 32.7 Å². The fourth-order valence-electron chi connectivity index (χ4n) is 3.27. The number of anilines is 1. The summed E-state index contributed by atoms with van der Waals surface area (Å²) >= 11 is 0. The average Bonchev–Trinajstić information content (AvgIpc) is 3.11. The van der Waals surface area contributed by atoms with E-state index in [9.17, 15) is 0 Å². The molecule has 124 valence electrons. The van der Waals surface area contributed by atoms with E-state index in [-0.39, 0.29) is 0 Å². The quantitative estimate of drug-likeness (QED) is 0.795. The number of nitrogens with zero attached hydrogens (tertiary/aromatic N) is 4. The van der Waals surface area contributed by atoms with Crippen LogP contribution in [0.3, 0.4) is 0 Å². The molecule has 1 saturated carbocycles. The minimum atomic E-state index is 0.510. The molecule has 0 spiro atoms. The second-order valence-electron chi connectivity index (χ2n) is 6.20. The largest absolute Gasteiger partial charge is 0.481 e. The van der Waals surface area contributed by atoms with Gasteiger partial charge in [0.15, 0.2) is 5.65 Å². The van der Waals surface area contributed by atoms with Crippen molar-refractivity contribution in [3.05, 3.63) is 36.7 Å². The molecule has 1 aliphatic rings. The molecular formula is C18H21N5O. The number of methoxy groups -OCH3 is 1. The van der Waals surface area contributed by atoms with Crippen LogP contribution in [0.5, 0.6) is 5.88 Å². The number of fused-ring (bicyclic) bond motifs is 1. The summed E-state index contributed by atoms with van der Waals surface area (Å²) in [4.78, 5) is 8.98. The van der Waals surface area contributed by atoms with Crippen molar-refractivity contribution in [2.75, 3.05) is 12.4 Å². The molecule has 0 radical (unpaired) electrons. The highest BCUT2D eigenvalue weighted by molar-refractivity contribution is 5.66. The first kappa shape index (κ1) is 14.9. The summed E-state index contributed by atoms with van der Waals surface area (Å²) in [6.45, 7) is 0. The number of pyridine rings is 1. The third-order valence-electron chi connectivity index (χ3n) is 4.56. The predicted octanol–water partition coefficient (Wildman–Crippen LogP) is 3.54. The normalized spacial score (nSPS) is 15.5. The lowest BCUT2D eigenvalue weighted by Gasteiger charge is -2.24. The minimum Gasteiger partial charge on any atom is -0.481 e. The summed E-state index contributed by atoms with van der Waals surface area (Å²) in [6.07, 6.45) is 9.92. The predicted molar refractivity (Wildman–Crippen MR) is 93.3 cm³/mol. The van der Waals surface area contributed by atoms with Gasteiger partial charge in [-0.15, -0.1) is 0 Å². The lowest BCUT2D eigenvalue weighted by Crippen LogP contribution is -2.23. The van der Waals surface area contributed by atoms with Crippen LogP contribution >= 0.6 is 0 Å². The lowest BCUT2D eigenvalue weighted by molar-refractivity contribution is 0.398. The number of nitrogens with one attached hydrogen (secondary N) is 1. The molecule has 24 heavy (non-hydrogen) atoms. The Morgan fingerprint density at radius 3 is 2.79 bits per heavy atom. The Bertz CT molecular complexity index is 821. The van der Waals surface area contributed by atoms with Crippen LogP contribution in [0.15, 0.2) is 36.7 Å². The maximum absolute atomic E-state index is 5.13. The van der Waals surface area contributed by atoms with Gasteiger partial charge in [0, 0.05) is 36.0 Å². The average molecular weight is 323 g/mol. The van der Waals surface area contributed by atoms with Gasteiger partial charge < -0.3 is 10.1 Å². The summed E-state index contributed by atoms with van der Waals surface area (Å²) < 4.78 is 7.00. The molecule has 0 saturated heterocycles. The van der Waals surface area contributed by atoms with E-state index in [1.165, 1.54) is 32.1 Å². The third kappa shape index (κ3) is 2.91. The van der Waals surface area contributed by atoms with Crippen molar-refractivity contribution in [1.82, 2.24) is 19.6 Å². The fraction of sp³-hybridized carbons (Fsp3) is 0.389. The Kier molecular flexibility index (Phi) is 4.02. The summed E-state index contributed by atoms with van der Waals surface area (Å²) in [5.41, 5.74) is 2.68. The van der Waals surface area contributed by atoms with Crippen LogP contribution in [0.25, 0.3) is 16.9 Å². The molecule has 3 aromatic heterocycles. The molecule has 6 heteroatoms. The maximum Gasteiger partial charge on any atom is 0.212 e. The second-order valence-corrected chi connectivity index (χ2v) is 6.20. The Balaban J connectivity index is 1.70. The zero-order chi connectivity index (χ0) is 16.4. The fourth-order valence-corrected chi connectivity index (χ4v) is 3.27. The van der Waals surface area contributed by atoms with E-state index in [0.717, 1.165) is 22.7 Å². The molecule has 0 aromatic carbocycles. The van der Waals surface area contributed by atoms with Crippen molar-refractivity contribution >= 4 is 11.5 Å². The smallest absolute Gasteiger partial charge is 0.212 e. The van der Waals surface area contributed by atoms with Gasteiger partial charge in [0.25, 0.3) is 0 Å². The zero-order valence-electron chi connectivity index (χ0n) is 13.8. The minimum absolute atomic E-state index is 0.510. The van der Waals surface area contributed by atoms with Gasteiger partial charge in [0.1, 0.15) is 5.82 Å². The van der Waals surface area contributed by atoms with Gasteiger partial charge in [-0.3, -0.25) is 0 Å². The van der Waals surface area contributed by atoms with Crippen LogP contribution in [0.4, 0.5) is 5.82 Å². The van der Waals surface area contributed by atoms with Gasteiger partial charge in [0.05, 0.1) is 19.0 Å². The van der Waals surface area contributed by atoms with Crippen LogP contribution < -0.4 is 10.1 Å². The Hall–Kier alpha value is -2.63. The summed E-state index contributed by atoms with van der Waals surface area (Å²) in [5.74, 6) is 1.59. The van der Waals surface area contributed by atoms with Crippen LogP contribution in [0.1, 0.15) is 32.1 Å². The molecule has 3 heterocycles. The highest BCUT2D eigenvalue weighted by atomic mass is 16.5. The van der Waals surface area contributed by atoms with Gasteiger partial charge in [-0.25, -0.2) is 9.97 Å². The highest BCUT2D eigenvalue weighted by Gasteiger charge is 2.16. The summed E-state index contributed by atoms with van der Waals surface area (Å²) in [6, 6.07) is 8.32. The number of rotatable bonds is 4. The third-order valence-corrected chi connectivity index (χ3v) is 4.56. The van der Waals surface area contributed by atoms with Gasteiger partial charge >= 0.3 is 0 Å². The first-order valence-electron chi connectivity index (χ1n) is 8.45. The van der Waals surface area contributed by atoms with Gasteiger partial charge in [-0.1, -0.05) is 19.3 Å². The van der Waals surface area contributed by atoms with Crippen molar-refractivity contribution in [2.24, 2.45) is 0 Å². The first-order valence-corrected chi connectivity index (χ1v) is 8.45. The molecule has 4 rings (SSSR count). The van der Waals surface area contributed by atoms with Crippen molar-refractivity contribution in [3.8, 4) is 17.1 Å². The van der Waals surface area contributed by atoms with E-state index in [4.69, 9.17) is 9.72 Å². The van der Waals surface area contributed by atoms with Crippen LogP contribution in [0, 0.1) is 0 Å². The van der Waals surface area contributed by atoms with Crippen LogP contribution in [-0.2, 0) is 0 Å². The molecule has 1 aliphatic carbocycles. The first-order chi connectivity index (χ1) is 11.8. The van der Waals surface area contributed by atoms with E-state index in [1.54, 1.807) is 19.5 Å². The van der Waals surface area contributed by atoms with Crippen molar-refractivity contribution in [1.29, 1.82) is 0 Å². The lowest BCUT2D eigenvalue weighted by atomic mass is 9.95. The van der Waals surface area contributed by atoms with E-state index < -0.39 is 0 Å². The van der Waals surface area contributed by atoms with E-state index in [0.29, 0.717) is 11.9 Å². The summed E-state index contributed by atoms with van der Waals surface area (Å²) in [5, 5.41) is 8.06. The Morgan fingerprint density at radius 1 is 1.17 bits per heavy atom. The van der Waals surface area contributed by atoms with Gasteiger partial charge in [-0.05, 0) is 18.9 Å². The van der Waals surface area contributed by atoms with Gasteiger partial charge in [-0.2, -0.15) is 9.61 Å². The number of aromatic nitrogens is 4. The summed E-state index contributed by atoms with van der Waals surface area (Å²) in [7, 11) is 1.62. The molecule has 1 fully saturated rings. The molecule has 0 atom stereocenters. The maximum atomic E-state index is 5.13. The molecule has 0 amide bonds. The van der Waals surface area contributed by atoms with Gasteiger partial charge in [0.2, 0.25) is 5.88 Å². The zero-order valence-corrected chi connectivity index (χ0v) is 13.8. The molecule has 0 bridgehead atoms. The van der Waals surface area contributed by atoms with Crippen molar-refractivity contribution in [2.45, 2.75) is 38.1 Å². The second kappa shape index (κ2) is 6.47. The number of hydrogen-bond donors (Lipinski definition) is 1. The Morgan fingerprint density at radius 2 is 2.04 bits per heavy atom. The van der Waals surface area contributed by atoms with Crippen molar-refractivity contribution in [3.63, 3.8) is 0 Å². The SMILES string of the molecule is COc1ccc(-c2cc(NC3CCCCC3)n3nccc3n2)cn1. The Labute approximate surface area is 140 Å². The topological polar surface area (TPSA) is 64.3 Å². The number of hydrogen-bond acceptors (Lipinski definition) is 5. The molecule has 1 N–H and O–H groups in total. The molecule has 0 aliphatic heterocycles. The molecule has 6 nitrogen and oxygen atoms in total. The number of ether oxygens (including phenoxy) is 1. The molecule has 3 aromatic rings. The van der Waals surface area contributed by atoms with E-state index in [2.05, 4.69) is 21.5 Å². The standard InChI is InChI=1S/C18H21N5O/c1-24-18-8-7-13(12-19-18)15-11-17(21-14-5-3-2-4-6-14)23-16(22-15)9-10-20-23/h7-12,14,21H,2-6H2,1H3. The van der Waals surface area contributed by atoms with E-state index in [1.807, 2.05) is 22.7 Å². The van der Waals surface area contributed by atoms with E-state index >= 15 is 0 Å². The molecule has 0 unspecified atom stereocenters. The highest BCUT2D eigenvalue weighted by Crippen LogP contribution is 2.26. The monoisotopic (exact) mass is 323 g/mol. The van der Waals surface area contributed by atoms with Crippen molar-refractivity contribution < 1.29 is 4.74 Å². The van der Waals surface area contributed by atoms with Crippen LogP contribution in [0.2, 0.25) is 0 Å². The molecular weight excluding hydrogens is 302 g/mol.